The number of benzene rings is 1. The SMILES string of the molecule is CS(=O)(=O)[C@@H]1CCC[C@H](NC(=O)Cc2ccc(Cl)cc2)C1. The number of hydrogen-bond acceptors (Lipinski definition) is 3. The Morgan fingerprint density at radius 1 is 1.29 bits per heavy atom. The Morgan fingerprint density at radius 2 is 1.95 bits per heavy atom. The van der Waals surface area contributed by atoms with Crippen LogP contribution in [-0.2, 0) is 21.1 Å². The number of amides is 1. The summed E-state index contributed by atoms with van der Waals surface area (Å²) < 4.78 is 23.2. The van der Waals surface area contributed by atoms with Crippen LogP contribution < -0.4 is 5.32 Å². The van der Waals surface area contributed by atoms with Crippen molar-refractivity contribution in [3.05, 3.63) is 34.9 Å². The van der Waals surface area contributed by atoms with Crippen LogP contribution >= 0.6 is 11.6 Å². The van der Waals surface area contributed by atoms with Crippen molar-refractivity contribution in [2.24, 2.45) is 0 Å². The molecule has 21 heavy (non-hydrogen) atoms. The van der Waals surface area contributed by atoms with Crippen LogP contribution in [0.4, 0.5) is 0 Å². The zero-order valence-corrected chi connectivity index (χ0v) is 13.6. The molecule has 0 spiro atoms. The molecule has 0 saturated heterocycles. The molecule has 6 heteroatoms. The van der Waals surface area contributed by atoms with Crippen molar-refractivity contribution in [2.45, 2.75) is 43.4 Å². The third kappa shape index (κ3) is 5.00. The van der Waals surface area contributed by atoms with E-state index in [-0.39, 0.29) is 23.6 Å². The van der Waals surface area contributed by atoms with Crippen LogP contribution in [0.2, 0.25) is 5.02 Å². The van der Waals surface area contributed by atoms with E-state index in [4.69, 9.17) is 11.6 Å². The second-order valence-electron chi connectivity index (χ2n) is 5.69. The zero-order valence-electron chi connectivity index (χ0n) is 12.0. The lowest BCUT2D eigenvalue weighted by Gasteiger charge is -2.28. The molecule has 2 atom stereocenters. The van der Waals surface area contributed by atoms with Crippen molar-refractivity contribution in [1.82, 2.24) is 5.32 Å². The molecule has 1 amide bonds. The first-order valence-corrected chi connectivity index (χ1v) is 9.40. The predicted molar refractivity (Wildman–Crippen MR) is 84.2 cm³/mol. The fourth-order valence-electron chi connectivity index (χ4n) is 2.73. The van der Waals surface area contributed by atoms with E-state index in [1.54, 1.807) is 12.1 Å². The molecule has 1 fully saturated rings. The van der Waals surface area contributed by atoms with Crippen LogP contribution in [0.15, 0.2) is 24.3 Å². The molecule has 1 saturated carbocycles. The van der Waals surface area contributed by atoms with Gasteiger partial charge in [-0.2, -0.15) is 0 Å². The van der Waals surface area contributed by atoms with Gasteiger partial charge in [-0.05, 0) is 37.0 Å². The van der Waals surface area contributed by atoms with Crippen LogP contribution in [0.3, 0.4) is 0 Å². The number of carbonyl (C=O) groups is 1. The van der Waals surface area contributed by atoms with E-state index < -0.39 is 9.84 Å². The van der Waals surface area contributed by atoms with Gasteiger partial charge in [0.05, 0.1) is 11.7 Å². The Labute approximate surface area is 130 Å². The Balaban J connectivity index is 1.89. The monoisotopic (exact) mass is 329 g/mol. The summed E-state index contributed by atoms with van der Waals surface area (Å²) in [7, 11) is -3.02. The van der Waals surface area contributed by atoms with Crippen molar-refractivity contribution in [3.8, 4) is 0 Å². The Morgan fingerprint density at radius 3 is 2.57 bits per heavy atom. The number of nitrogens with one attached hydrogen (secondary N) is 1. The van der Waals surface area contributed by atoms with Gasteiger partial charge in [0.1, 0.15) is 9.84 Å². The molecule has 0 aromatic heterocycles. The lowest BCUT2D eigenvalue weighted by Crippen LogP contribution is -2.42. The Bertz CT molecular complexity index is 598. The second kappa shape index (κ2) is 6.79. The fraction of sp³-hybridized carbons (Fsp3) is 0.533. The lowest BCUT2D eigenvalue weighted by molar-refractivity contribution is -0.121. The summed E-state index contributed by atoms with van der Waals surface area (Å²) in [6.45, 7) is 0. The minimum absolute atomic E-state index is 0.0433. The van der Waals surface area contributed by atoms with E-state index in [0.717, 1.165) is 18.4 Å². The topological polar surface area (TPSA) is 63.2 Å². The summed E-state index contributed by atoms with van der Waals surface area (Å²) in [5, 5.41) is 3.26. The van der Waals surface area contributed by atoms with Crippen LogP contribution in [0.1, 0.15) is 31.2 Å². The van der Waals surface area contributed by atoms with E-state index in [0.29, 0.717) is 17.9 Å². The van der Waals surface area contributed by atoms with Gasteiger partial charge in [-0.1, -0.05) is 30.2 Å². The van der Waals surface area contributed by atoms with E-state index in [1.165, 1.54) is 6.26 Å². The smallest absolute Gasteiger partial charge is 0.224 e. The molecule has 0 bridgehead atoms. The number of rotatable bonds is 4. The number of halogens is 1. The first kappa shape index (κ1) is 16.3. The molecule has 2 rings (SSSR count). The van der Waals surface area contributed by atoms with E-state index in [2.05, 4.69) is 5.32 Å². The highest BCUT2D eigenvalue weighted by Crippen LogP contribution is 2.24. The van der Waals surface area contributed by atoms with Crippen molar-refractivity contribution in [2.75, 3.05) is 6.26 Å². The highest BCUT2D eigenvalue weighted by atomic mass is 35.5. The zero-order chi connectivity index (χ0) is 15.5. The minimum atomic E-state index is -3.02. The summed E-state index contributed by atoms with van der Waals surface area (Å²) in [5.41, 5.74) is 0.896. The van der Waals surface area contributed by atoms with Gasteiger partial charge >= 0.3 is 0 Å². The van der Waals surface area contributed by atoms with E-state index in [9.17, 15) is 13.2 Å². The van der Waals surface area contributed by atoms with Crippen LogP contribution in [0.5, 0.6) is 0 Å². The molecule has 1 aliphatic carbocycles. The quantitative estimate of drug-likeness (QED) is 0.922. The summed E-state index contributed by atoms with van der Waals surface area (Å²) in [6.07, 6.45) is 4.46. The highest BCUT2D eigenvalue weighted by Gasteiger charge is 2.29. The first-order valence-electron chi connectivity index (χ1n) is 7.07. The fourth-order valence-corrected chi connectivity index (χ4v) is 4.03. The standard InChI is InChI=1S/C15H20ClNO3S/c1-21(19,20)14-4-2-3-13(10-14)17-15(18)9-11-5-7-12(16)8-6-11/h5-8,13-14H,2-4,9-10H2,1H3,(H,17,18)/t13-,14+/m0/s1. The number of hydrogen-bond donors (Lipinski definition) is 1. The van der Waals surface area contributed by atoms with Crippen LogP contribution in [0, 0.1) is 0 Å². The van der Waals surface area contributed by atoms with Gasteiger partial charge in [-0.3, -0.25) is 4.79 Å². The van der Waals surface area contributed by atoms with Crippen LogP contribution in [-0.4, -0.2) is 31.9 Å². The summed E-state index contributed by atoms with van der Waals surface area (Å²) >= 11 is 5.81. The molecule has 0 radical (unpaired) electrons. The first-order chi connectivity index (χ1) is 9.84. The van der Waals surface area contributed by atoms with Gasteiger partial charge < -0.3 is 5.32 Å². The van der Waals surface area contributed by atoms with Gasteiger partial charge in [0.2, 0.25) is 5.91 Å². The van der Waals surface area contributed by atoms with Crippen molar-refractivity contribution in [1.29, 1.82) is 0 Å². The molecular formula is C15H20ClNO3S. The molecule has 0 unspecified atom stereocenters. The highest BCUT2D eigenvalue weighted by molar-refractivity contribution is 7.91. The Hall–Kier alpha value is -1.07. The molecule has 0 aliphatic heterocycles. The maximum atomic E-state index is 12.0. The van der Waals surface area contributed by atoms with Gasteiger partial charge in [0, 0.05) is 17.3 Å². The molecule has 1 N–H and O–H groups in total. The van der Waals surface area contributed by atoms with E-state index >= 15 is 0 Å². The molecular weight excluding hydrogens is 310 g/mol. The average molecular weight is 330 g/mol. The summed E-state index contributed by atoms with van der Waals surface area (Å²) in [5.74, 6) is -0.0727. The molecule has 4 nitrogen and oxygen atoms in total. The number of sulfone groups is 1. The lowest BCUT2D eigenvalue weighted by atomic mass is 9.94. The van der Waals surface area contributed by atoms with Gasteiger partial charge in [0.15, 0.2) is 0 Å². The molecule has 0 heterocycles. The molecule has 1 aliphatic rings. The normalized spacial score (nSPS) is 22.8. The van der Waals surface area contributed by atoms with Crippen LogP contribution in [0.25, 0.3) is 0 Å². The van der Waals surface area contributed by atoms with Crippen molar-refractivity contribution < 1.29 is 13.2 Å². The largest absolute Gasteiger partial charge is 0.353 e. The molecule has 116 valence electrons. The average Bonchev–Trinajstić information content (AvgIpc) is 2.41. The van der Waals surface area contributed by atoms with Crippen molar-refractivity contribution in [3.63, 3.8) is 0 Å². The van der Waals surface area contributed by atoms with Crippen molar-refractivity contribution >= 4 is 27.3 Å². The molecule has 1 aromatic rings. The third-order valence-corrected chi connectivity index (χ3v) is 5.77. The van der Waals surface area contributed by atoms with Gasteiger partial charge in [-0.25, -0.2) is 8.42 Å². The third-order valence-electron chi connectivity index (χ3n) is 3.87. The molecule has 1 aromatic carbocycles. The van der Waals surface area contributed by atoms with Gasteiger partial charge in [-0.15, -0.1) is 0 Å². The summed E-state index contributed by atoms with van der Waals surface area (Å²) in [4.78, 5) is 12.0. The maximum Gasteiger partial charge on any atom is 0.224 e. The summed E-state index contributed by atoms with van der Waals surface area (Å²) in [6, 6.07) is 7.11. The van der Waals surface area contributed by atoms with Gasteiger partial charge in [0.25, 0.3) is 0 Å². The van der Waals surface area contributed by atoms with E-state index in [1.807, 2.05) is 12.1 Å². The predicted octanol–water partition coefficient (Wildman–Crippen LogP) is 2.35. The maximum absolute atomic E-state index is 12.0. The second-order valence-corrected chi connectivity index (χ2v) is 8.45. The Kier molecular flexibility index (Phi) is 5.27. The minimum Gasteiger partial charge on any atom is -0.353 e. The number of carbonyl (C=O) groups excluding carboxylic acids is 1.